The van der Waals surface area contributed by atoms with Crippen molar-refractivity contribution >= 4 is 17.9 Å². The molecule has 1 unspecified atom stereocenters. The van der Waals surface area contributed by atoms with Crippen molar-refractivity contribution in [2.24, 2.45) is 5.41 Å². The molecule has 1 atom stereocenters. The van der Waals surface area contributed by atoms with E-state index < -0.39 is 42.0 Å². The maximum absolute atomic E-state index is 12.1. The van der Waals surface area contributed by atoms with Gasteiger partial charge in [-0.3, -0.25) is 14.9 Å². The molecule has 3 N–H and O–H groups in total. The SMILES string of the molecule is CC(CC(F)(F)F)NC(=O)NC(=O)CC(C)(C)CC(=O)O. The maximum Gasteiger partial charge on any atom is 0.391 e. The van der Waals surface area contributed by atoms with Gasteiger partial charge in [-0.25, -0.2) is 4.79 Å². The highest BCUT2D eigenvalue weighted by Gasteiger charge is 2.31. The Balaban J connectivity index is 4.27. The standard InChI is InChI=1S/C12H19F3N2O4/c1-7(4-12(13,14)15)16-10(21)17-8(18)5-11(2,3)6-9(19)20/h7H,4-6H2,1-3H3,(H,19,20)(H2,16,17,18,21). The number of hydrogen-bond acceptors (Lipinski definition) is 3. The highest BCUT2D eigenvalue weighted by molar-refractivity contribution is 5.94. The third-order valence-corrected chi connectivity index (χ3v) is 2.44. The van der Waals surface area contributed by atoms with Crippen molar-refractivity contribution in [2.75, 3.05) is 0 Å². The second-order valence-electron chi connectivity index (χ2n) is 5.65. The van der Waals surface area contributed by atoms with Gasteiger partial charge in [-0.2, -0.15) is 13.2 Å². The van der Waals surface area contributed by atoms with Crippen LogP contribution in [0.25, 0.3) is 0 Å². The Bertz CT molecular complexity index is 408. The minimum absolute atomic E-state index is 0.236. The Hall–Kier alpha value is -1.80. The van der Waals surface area contributed by atoms with Crippen molar-refractivity contribution in [3.05, 3.63) is 0 Å². The molecule has 122 valence electrons. The van der Waals surface area contributed by atoms with Crippen LogP contribution in [0.3, 0.4) is 0 Å². The second kappa shape index (κ2) is 7.28. The normalized spacial score (nSPS) is 13.4. The first-order valence-electron chi connectivity index (χ1n) is 6.19. The topological polar surface area (TPSA) is 95.5 Å². The Morgan fingerprint density at radius 1 is 1.14 bits per heavy atom. The van der Waals surface area contributed by atoms with Crippen LogP contribution in [0.2, 0.25) is 0 Å². The van der Waals surface area contributed by atoms with Crippen molar-refractivity contribution < 1.29 is 32.7 Å². The molecule has 0 aromatic carbocycles. The second-order valence-corrected chi connectivity index (χ2v) is 5.65. The van der Waals surface area contributed by atoms with E-state index in [4.69, 9.17) is 5.11 Å². The van der Waals surface area contributed by atoms with Crippen LogP contribution in [0.5, 0.6) is 0 Å². The molecule has 9 heteroatoms. The molecule has 0 saturated carbocycles. The van der Waals surface area contributed by atoms with Gasteiger partial charge in [-0.1, -0.05) is 13.8 Å². The number of imide groups is 1. The summed E-state index contributed by atoms with van der Waals surface area (Å²) in [6.45, 7) is 4.22. The van der Waals surface area contributed by atoms with Crippen molar-refractivity contribution in [1.82, 2.24) is 10.6 Å². The molecule has 0 fully saturated rings. The molecule has 0 aliphatic heterocycles. The minimum Gasteiger partial charge on any atom is -0.481 e. The summed E-state index contributed by atoms with van der Waals surface area (Å²) >= 11 is 0. The van der Waals surface area contributed by atoms with E-state index in [-0.39, 0.29) is 12.8 Å². The van der Waals surface area contributed by atoms with Gasteiger partial charge in [0.15, 0.2) is 0 Å². The first kappa shape index (κ1) is 19.2. The van der Waals surface area contributed by atoms with Gasteiger partial charge in [-0.05, 0) is 12.3 Å². The van der Waals surface area contributed by atoms with Crippen LogP contribution >= 0.6 is 0 Å². The van der Waals surface area contributed by atoms with Crippen LogP contribution in [-0.4, -0.2) is 35.2 Å². The number of aliphatic carboxylic acids is 1. The molecular formula is C12H19F3N2O4. The number of carboxylic acids is 1. The van der Waals surface area contributed by atoms with Crippen molar-refractivity contribution in [3.63, 3.8) is 0 Å². The molecule has 0 radical (unpaired) electrons. The summed E-state index contributed by atoms with van der Waals surface area (Å²) in [7, 11) is 0. The van der Waals surface area contributed by atoms with Gasteiger partial charge in [0.05, 0.1) is 12.8 Å². The van der Waals surface area contributed by atoms with Crippen molar-refractivity contribution in [1.29, 1.82) is 0 Å². The Kier molecular flexibility index (Phi) is 6.65. The van der Waals surface area contributed by atoms with Gasteiger partial charge in [0, 0.05) is 12.5 Å². The van der Waals surface area contributed by atoms with Gasteiger partial charge >= 0.3 is 18.2 Å². The lowest BCUT2D eigenvalue weighted by Crippen LogP contribution is -2.45. The number of nitrogens with one attached hydrogen (secondary N) is 2. The molecule has 0 aromatic heterocycles. The summed E-state index contributed by atoms with van der Waals surface area (Å²) in [6, 6.07) is -2.22. The zero-order valence-electron chi connectivity index (χ0n) is 12.0. The van der Waals surface area contributed by atoms with Crippen LogP contribution in [0.4, 0.5) is 18.0 Å². The molecule has 0 saturated heterocycles. The smallest absolute Gasteiger partial charge is 0.391 e. The number of rotatable bonds is 6. The van der Waals surface area contributed by atoms with Gasteiger partial charge in [-0.15, -0.1) is 0 Å². The molecule has 3 amide bonds. The molecule has 0 heterocycles. The summed E-state index contributed by atoms with van der Waals surface area (Å²) < 4.78 is 36.2. The predicted molar refractivity (Wildman–Crippen MR) is 67.5 cm³/mol. The van der Waals surface area contributed by atoms with Crippen LogP contribution in [0.1, 0.15) is 40.0 Å². The number of carboxylic acid groups (broad SMARTS) is 1. The number of amides is 3. The molecular weight excluding hydrogens is 293 g/mol. The number of alkyl halides is 3. The van der Waals surface area contributed by atoms with E-state index in [0.29, 0.717) is 0 Å². The number of carbonyl (C=O) groups is 3. The molecule has 0 bridgehead atoms. The molecule has 0 aliphatic rings. The van der Waals surface area contributed by atoms with E-state index in [2.05, 4.69) is 0 Å². The molecule has 0 aromatic rings. The monoisotopic (exact) mass is 312 g/mol. The zero-order valence-corrected chi connectivity index (χ0v) is 12.0. The van der Waals surface area contributed by atoms with Crippen molar-refractivity contribution in [3.8, 4) is 0 Å². The summed E-state index contributed by atoms with van der Waals surface area (Å²) in [4.78, 5) is 33.4. The summed E-state index contributed by atoms with van der Waals surface area (Å²) in [5.74, 6) is -1.84. The molecule has 0 rings (SSSR count). The summed E-state index contributed by atoms with van der Waals surface area (Å²) in [6.07, 6.45) is -6.13. The maximum atomic E-state index is 12.1. The lowest BCUT2D eigenvalue weighted by Gasteiger charge is -2.21. The number of carbonyl (C=O) groups excluding carboxylic acids is 2. The number of halogens is 3. The van der Waals surface area contributed by atoms with E-state index in [0.717, 1.165) is 6.92 Å². The van der Waals surface area contributed by atoms with Crippen LogP contribution in [0, 0.1) is 5.41 Å². The van der Waals surface area contributed by atoms with Crippen molar-refractivity contribution in [2.45, 2.75) is 52.3 Å². The van der Waals surface area contributed by atoms with Crippen LogP contribution < -0.4 is 10.6 Å². The van der Waals surface area contributed by atoms with Crippen LogP contribution in [-0.2, 0) is 9.59 Å². The fourth-order valence-electron chi connectivity index (χ4n) is 1.74. The minimum atomic E-state index is -4.42. The van der Waals surface area contributed by atoms with Gasteiger partial charge < -0.3 is 10.4 Å². The highest BCUT2D eigenvalue weighted by atomic mass is 19.4. The third kappa shape index (κ3) is 10.6. The van der Waals surface area contributed by atoms with E-state index >= 15 is 0 Å². The Morgan fingerprint density at radius 2 is 1.67 bits per heavy atom. The van der Waals surface area contributed by atoms with Gasteiger partial charge in [0.25, 0.3) is 0 Å². The van der Waals surface area contributed by atoms with Crippen LogP contribution in [0.15, 0.2) is 0 Å². The highest BCUT2D eigenvalue weighted by Crippen LogP contribution is 2.24. The zero-order chi connectivity index (χ0) is 16.8. The predicted octanol–water partition coefficient (Wildman–Crippen LogP) is 2.04. The number of hydrogen-bond donors (Lipinski definition) is 3. The third-order valence-electron chi connectivity index (χ3n) is 2.44. The lowest BCUT2D eigenvalue weighted by atomic mass is 9.85. The molecule has 0 spiro atoms. The molecule has 21 heavy (non-hydrogen) atoms. The van der Waals surface area contributed by atoms with Gasteiger partial charge in [0.1, 0.15) is 0 Å². The summed E-state index contributed by atoms with van der Waals surface area (Å²) in [5, 5.41) is 12.5. The Morgan fingerprint density at radius 3 is 2.10 bits per heavy atom. The van der Waals surface area contributed by atoms with E-state index in [1.54, 1.807) is 0 Å². The largest absolute Gasteiger partial charge is 0.481 e. The number of urea groups is 1. The van der Waals surface area contributed by atoms with E-state index in [9.17, 15) is 27.6 Å². The quantitative estimate of drug-likeness (QED) is 0.699. The molecule has 0 aliphatic carbocycles. The lowest BCUT2D eigenvalue weighted by molar-refractivity contribution is -0.140. The molecule has 6 nitrogen and oxygen atoms in total. The average molecular weight is 312 g/mol. The van der Waals surface area contributed by atoms with Gasteiger partial charge in [0.2, 0.25) is 5.91 Å². The average Bonchev–Trinajstić information content (AvgIpc) is 2.07. The van der Waals surface area contributed by atoms with E-state index in [1.165, 1.54) is 13.8 Å². The Labute approximate surface area is 120 Å². The first-order chi connectivity index (χ1) is 9.31. The summed E-state index contributed by atoms with van der Waals surface area (Å²) in [5.41, 5.74) is -0.867. The first-order valence-corrected chi connectivity index (χ1v) is 6.19. The fourth-order valence-corrected chi connectivity index (χ4v) is 1.74. The fraction of sp³-hybridized carbons (Fsp3) is 0.750. The van der Waals surface area contributed by atoms with E-state index in [1.807, 2.05) is 10.6 Å².